The molecule has 19 nitrogen and oxygen atoms in total. The van der Waals surface area contributed by atoms with Gasteiger partial charge in [0.25, 0.3) is 5.78 Å². The highest BCUT2D eigenvalue weighted by Crippen LogP contribution is 2.48. The second-order valence-corrected chi connectivity index (χ2v) is 21.0. The number of fused-ring (bicyclic) bond motifs is 15. The highest BCUT2D eigenvalue weighted by molar-refractivity contribution is 6.30. The number of phenols is 1. The van der Waals surface area contributed by atoms with E-state index in [-0.39, 0.29) is 72.4 Å². The third-order valence-electron chi connectivity index (χ3n) is 15.0. The number of ether oxygens (including phenoxy) is 7. The normalized spacial score (nSPS) is 34.7. The van der Waals surface area contributed by atoms with E-state index in [2.05, 4.69) is 10.6 Å². The lowest BCUT2D eigenvalue weighted by Crippen LogP contribution is -2.49. The van der Waals surface area contributed by atoms with Crippen LogP contribution in [-0.2, 0) is 44.6 Å². The zero-order valence-electron chi connectivity index (χ0n) is 43.4. The lowest BCUT2D eigenvalue weighted by atomic mass is 9.77. The van der Waals surface area contributed by atoms with E-state index in [1.54, 1.807) is 41.5 Å². The minimum absolute atomic E-state index is 0.0256. The Morgan fingerprint density at radius 3 is 2.30 bits per heavy atom. The summed E-state index contributed by atoms with van der Waals surface area (Å²) in [5.41, 5.74) is -1.82. The average Bonchev–Trinajstić information content (AvgIpc) is 3.94. The van der Waals surface area contributed by atoms with Crippen LogP contribution in [0.25, 0.3) is 0 Å². The quantitative estimate of drug-likeness (QED) is 0.167. The molecule has 0 spiro atoms. The number of Topliss-reactive ketones (excluding diaryl/α,β-unsaturated/α-hetero) is 2. The van der Waals surface area contributed by atoms with Crippen LogP contribution in [0.3, 0.4) is 0 Å². The number of nitrogens with one attached hydrogen (secondary N) is 2. The van der Waals surface area contributed by atoms with Gasteiger partial charge in [-0.3, -0.25) is 24.0 Å². The van der Waals surface area contributed by atoms with Crippen LogP contribution < -0.4 is 15.4 Å². The summed E-state index contributed by atoms with van der Waals surface area (Å²) < 4.78 is 42.3. The van der Waals surface area contributed by atoms with Crippen molar-refractivity contribution < 1.29 is 82.7 Å². The molecule has 5 aliphatic heterocycles. The molecule has 74 heavy (non-hydrogen) atoms. The van der Waals surface area contributed by atoms with Crippen LogP contribution >= 0.6 is 0 Å². The number of phenolic OH excluding ortho intramolecular Hbond substituents is 1. The van der Waals surface area contributed by atoms with Crippen LogP contribution in [0.15, 0.2) is 78.2 Å². The van der Waals surface area contributed by atoms with Gasteiger partial charge in [-0.1, -0.05) is 69.3 Å². The van der Waals surface area contributed by atoms with Gasteiger partial charge in [-0.2, -0.15) is 0 Å². The summed E-state index contributed by atoms with van der Waals surface area (Å²) in [6.45, 7) is 15.9. The topological polar surface area (TPSA) is 275 Å². The Hall–Kier alpha value is -5.77. The number of benzene rings is 2. The van der Waals surface area contributed by atoms with Crippen molar-refractivity contribution in [3.63, 3.8) is 0 Å². The Morgan fingerprint density at radius 2 is 1.59 bits per heavy atom. The highest BCUT2D eigenvalue weighted by Gasteiger charge is 2.52. The van der Waals surface area contributed by atoms with Crippen molar-refractivity contribution in [1.82, 2.24) is 10.6 Å². The van der Waals surface area contributed by atoms with Crippen molar-refractivity contribution in [3.8, 4) is 11.5 Å². The minimum atomic E-state index is -2.13. The lowest BCUT2D eigenvalue weighted by Gasteiger charge is -2.40. The maximum Gasteiger partial charge on any atom is 0.312 e. The molecular weight excluding hydrogens is 961 g/mol. The Kier molecular flexibility index (Phi) is 17.1. The number of hydrogen-bond acceptors (Lipinski definition) is 18. The first kappa shape index (κ1) is 56.0. The second kappa shape index (κ2) is 22.6. The van der Waals surface area contributed by atoms with Gasteiger partial charge in [0.05, 0.1) is 70.7 Å². The molecule has 1 aliphatic carbocycles. The van der Waals surface area contributed by atoms with Gasteiger partial charge in [0.2, 0.25) is 11.7 Å². The molecule has 0 saturated carbocycles. The van der Waals surface area contributed by atoms with Crippen LogP contribution in [0, 0.1) is 36.0 Å². The summed E-state index contributed by atoms with van der Waals surface area (Å²) in [4.78, 5) is 69.3. The molecule has 402 valence electrons. The number of allylic oxidation sites excluding steroid dienone is 4. The van der Waals surface area contributed by atoms with Crippen LogP contribution in [-0.4, -0.2) is 129 Å². The molecule has 0 aromatic heterocycles. The van der Waals surface area contributed by atoms with Gasteiger partial charge >= 0.3 is 11.8 Å². The first-order valence-electron chi connectivity index (χ1n) is 25.0. The Morgan fingerprint density at radius 1 is 0.919 bits per heavy atom. The lowest BCUT2D eigenvalue weighted by molar-refractivity contribution is -0.245. The van der Waals surface area contributed by atoms with E-state index in [4.69, 9.17) is 33.2 Å². The predicted octanol–water partition coefficient (Wildman–Crippen LogP) is 4.74. The standard InChI is InChI=1S/C55H70N2O17/c1-26-15-14-18-34(31(6)72-53(67)54(8,9)23-39(59)56-24-33-16-12-11-13-17-33)46(62)29(4)45(61)28(3)44(60)27(2)37(73-40-22-38-50(32(7)71-40)69-25-68-38)19-20-70-55(10)51(65)43-41-36(58)21-35(57-52(26)66)48(64)42(41)47(63)30(5)49(43)74-55/h11-21,27-29,31-32,34,37-38,40,44-46,50,52,57,60-63,66H,22-25H2,1-10H3,(H,56,59)/b18-14+,20-19+,26-15-/t27-,28+,29+,31?,32-,34-,37+,38+,40+,44-,45+,46-,50-,52?,55+/m1/s1. The molecule has 1 amide bonds. The van der Waals surface area contributed by atoms with Gasteiger partial charge in [-0.05, 0) is 58.8 Å². The minimum Gasteiger partial charge on any atom is -0.507 e. The fourth-order valence-electron chi connectivity index (χ4n) is 10.1. The van der Waals surface area contributed by atoms with E-state index in [1.807, 2.05) is 37.3 Å². The first-order chi connectivity index (χ1) is 34.8. The number of esters is 1. The van der Waals surface area contributed by atoms with Crippen molar-refractivity contribution >= 4 is 29.2 Å². The Labute approximate surface area is 430 Å². The predicted molar refractivity (Wildman–Crippen MR) is 265 cm³/mol. The van der Waals surface area contributed by atoms with E-state index < -0.39 is 124 Å². The maximum absolute atomic E-state index is 14.3. The molecular formula is C55H70N2O17. The highest BCUT2D eigenvalue weighted by atomic mass is 16.7. The molecule has 15 atom stereocenters. The molecule has 19 heteroatoms. The number of aliphatic hydroxyl groups is 4. The number of aliphatic hydroxyl groups excluding tert-OH is 4. The van der Waals surface area contributed by atoms with Gasteiger partial charge in [-0.15, -0.1) is 0 Å². The molecule has 6 aliphatic rings. The van der Waals surface area contributed by atoms with Crippen LogP contribution in [0.2, 0.25) is 0 Å². The monoisotopic (exact) mass is 1030 g/mol. The number of aromatic hydroxyl groups is 1. The number of hydrogen-bond donors (Lipinski definition) is 7. The molecule has 2 aromatic rings. The maximum atomic E-state index is 14.3. The van der Waals surface area contributed by atoms with Gasteiger partial charge < -0.3 is 69.3 Å². The van der Waals surface area contributed by atoms with Crippen molar-refractivity contribution in [2.75, 3.05) is 6.79 Å². The number of rotatable bonds is 9. The van der Waals surface area contributed by atoms with Crippen molar-refractivity contribution in [3.05, 3.63) is 106 Å². The first-order valence-corrected chi connectivity index (χ1v) is 25.0. The van der Waals surface area contributed by atoms with Gasteiger partial charge in [0.15, 0.2) is 12.1 Å². The molecule has 7 N–H and O–H groups in total. The third kappa shape index (κ3) is 11.5. The van der Waals surface area contributed by atoms with Crippen molar-refractivity contribution in [2.45, 2.75) is 156 Å². The van der Waals surface area contributed by atoms with Crippen LogP contribution in [0.4, 0.5) is 0 Å². The molecule has 5 bridgehead atoms. The van der Waals surface area contributed by atoms with E-state index in [1.165, 1.54) is 45.1 Å². The van der Waals surface area contributed by atoms with Crippen molar-refractivity contribution in [2.24, 2.45) is 29.1 Å². The Bertz CT molecular complexity index is 2590. The number of ketones is 3. The summed E-state index contributed by atoms with van der Waals surface area (Å²) in [7, 11) is 0. The van der Waals surface area contributed by atoms with Crippen LogP contribution in [0.5, 0.6) is 11.5 Å². The zero-order chi connectivity index (χ0) is 54.1. The SMILES string of the molecule is C/C1=C/C=C/[C@H](C(C)OC(=O)C(C)(C)CC(=O)NCc2ccccc2)[C@H](O)[C@@H](C)[C@@H](O)[C@@H](C)[C@H](O)[C@H](C)[C@@H](O[C@H]2C[C@@H]3OCO[C@@H]3[C@@H](C)O2)/C=C/O[C@@]2(C)Oc3c(C)c(O)c4c(c3C2=O)C(=O)C=C(NC1O)C4=O. The molecule has 5 heterocycles. The Balaban J connectivity index is 1.22. The molecule has 2 fully saturated rings. The van der Waals surface area contributed by atoms with Gasteiger partial charge in [0, 0.05) is 61.6 Å². The average molecular weight is 1030 g/mol. The van der Waals surface area contributed by atoms with Crippen molar-refractivity contribution in [1.29, 1.82) is 0 Å². The largest absolute Gasteiger partial charge is 0.507 e. The molecule has 2 unspecified atom stereocenters. The summed E-state index contributed by atoms with van der Waals surface area (Å²) in [6, 6.07) is 9.28. The summed E-state index contributed by atoms with van der Waals surface area (Å²) in [5.74, 6) is -10.5. The fraction of sp³-hybridized carbons (Fsp3) is 0.545. The van der Waals surface area contributed by atoms with E-state index in [9.17, 15) is 49.5 Å². The number of carbonyl (C=O) groups excluding carboxylic acids is 5. The van der Waals surface area contributed by atoms with Crippen LogP contribution in [0.1, 0.15) is 117 Å². The summed E-state index contributed by atoms with van der Waals surface area (Å²) >= 11 is 0. The molecule has 2 saturated heterocycles. The van der Waals surface area contributed by atoms with E-state index >= 15 is 0 Å². The van der Waals surface area contributed by atoms with E-state index in [0.29, 0.717) is 0 Å². The van der Waals surface area contributed by atoms with Gasteiger partial charge in [0.1, 0.15) is 36.7 Å². The third-order valence-corrected chi connectivity index (χ3v) is 15.0. The molecule has 2 aromatic carbocycles. The fourth-order valence-corrected chi connectivity index (χ4v) is 10.1. The number of carbonyl (C=O) groups is 5. The summed E-state index contributed by atoms with van der Waals surface area (Å²) in [5, 5.41) is 64.5. The second-order valence-electron chi connectivity index (χ2n) is 21.0. The van der Waals surface area contributed by atoms with Gasteiger partial charge in [-0.25, -0.2) is 0 Å². The molecule has 8 rings (SSSR count). The molecule has 0 radical (unpaired) electrons. The summed E-state index contributed by atoms with van der Waals surface area (Å²) in [6.07, 6.45) is -1.95. The van der Waals surface area contributed by atoms with E-state index in [0.717, 1.165) is 17.9 Å². The number of amides is 1. The zero-order valence-corrected chi connectivity index (χ0v) is 43.4. The smallest absolute Gasteiger partial charge is 0.312 e.